The molecule has 0 aliphatic rings. The largest absolute Gasteiger partial charge is 0.318 e. The molecule has 2 aromatic rings. The van der Waals surface area contributed by atoms with Crippen LogP contribution in [0, 0.1) is 15.9 Å². The van der Waals surface area contributed by atoms with Crippen molar-refractivity contribution in [1.29, 1.82) is 0 Å². The molecule has 0 unspecified atom stereocenters. The minimum Gasteiger partial charge on any atom is -0.258 e. The number of hydrogen-bond donors (Lipinski definition) is 0. The molecule has 2 aromatic carbocycles. The van der Waals surface area contributed by atoms with E-state index in [1.54, 1.807) is 0 Å². The van der Waals surface area contributed by atoms with Gasteiger partial charge >= 0.3 is 5.69 Å². The third kappa shape index (κ3) is 3.59. The first kappa shape index (κ1) is 15.5. The number of para-hydroxylation sites is 1. The lowest BCUT2D eigenvalue weighted by Gasteiger charge is -2.04. The molecule has 0 aliphatic heterocycles. The average molecular weight is 327 g/mol. The zero-order chi connectivity index (χ0) is 15.6. The monoisotopic (exact) mass is 327 g/mol. The number of nitrogens with zero attached hydrogens (tertiary/aromatic N) is 1. The summed E-state index contributed by atoms with van der Waals surface area (Å²) in [5.74, 6) is -0.905. The number of rotatable bonds is 4. The fraction of sp³-hybridized carbons (Fsp3) is 0.0769. The van der Waals surface area contributed by atoms with E-state index in [4.69, 9.17) is 0 Å². The summed E-state index contributed by atoms with van der Waals surface area (Å²) in [5.41, 5.74) is -0.588. The highest BCUT2D eigenvalue weighted by Crippen LogP contribution is 2.36. The summed E-state index contributed by atoms with van der Waals surface area (Å²) in [6.07, 6.45) is 1.09. The molecular formula is C13H10FNO4S2. The van der Waals surface area contributed by atoms with Crippen LogP contribution >= 0.6 is 11.8 Å². The number of nitro groups is 1. The van der Waals surface area contributed by atoms with Crippen LogP contribution in [0.3, 0.4) is 0 Å². The summed E-state index contributed by atoms with van der Waals surface area (Å²) in [6.45, 7) is 0. The molecule has 0 atom stereocenters. The van der Waals surface area contributed by atoms with Gasteiger partial charge in [-0.15, -0.1) is 0 Å². The first-order valence-corrected chi connectivity index (χ1v) is 8.40. The fourth-order valence-electron chi connectivity index (χ4n) is 1.64. The van der Waals surface area contributed by atoms with E-state index in [0.717, 1.165) is 24.1 Å². The molecule has 0 saturated carbocycles. The summed E-state index contributed by atoms with van der Waals surface area (Å²) in [5, 5.41) is 10.9. The Hall–Kier alpha value is -1.93. The van der Waals surface area contributed by atoms with Crippen molar-refractivity contribution in [3.63, 3.8) is 0 Å². The van der Waals surface area contributed by atoms with Gasteiger partial charge in [0.1, 0.15) is 0 Å². The molecule has 0 N–H and O–H groups in total. The van der Waals surface area contributed by atoms with E-state index < -0.39 is 26.3 Å². The van der Waals surface area contributed by atoms with E-state index in [9.17, 15) is 22.9 Å². The van der Waals surface area contributed by atoms with Gasteiger partial charge in [-0.25, -0.2) is 8.42 Å². The third-order valence-electron chi connectivity index (χ3n) is 2.61. The smallest absolute Gasteiger partial charge is 0.258 e. The summed E-state index contributed by atoms with van der Waals surface area (Å²) >= 11 is 1.000. The number of sulfone groups is 1. The van der Waals surface area contributed by atoms with Crippen molar-refractivity contribution in [3.8, 4) is 0 Å². The van der Waals surface area contributed by atoms with Crippen molar-refractivity contribution in [2.45, 2.75) is 14.7 Å². The summed E-state index contributed by atoms with van der Waals surface area (Å²) < 4.78 is 36.2. The van der Waals surface area contributed by atoms with Crippen LogP contribution in [0.1, 0.15) is 0 Å². The lowest BCUT2D eigenvalue weighted by molar-refractivity contribution is -0.390. The maximum absolute atomic E-state index is 13.5. The molecule has 0 saturated heterocycles. The van der Waals surface area contributed by atoms with Gasteiger partial charge in [-0.05, 0) is 36.4 Å². The molecule has 5 nitrogen and oxygen atoms in total. The highest BCUT2D eigenvalue weighted by Gasteiger charge is 2.20. The molecule has 21 heavy (non-hydrogen) atoms. The normalized spacial score (nSPS) is 11.3. The summed E-state index contributed by atoms with van der Waals surface area (Å²) in [7, 11) is -3.30. The predicted molar refractivity (Wildman–Crippen MR) is 76.7 cm³/mol. The van der Waals surface area contributed by atoms with Crippen LogP contribution in [0.5, 0.6) is 0 Å². The standard InChI is InChI=1S/C13H10FNO4S2/c1-21(18,19)10-7-5-9(6-8-10)20-12-4-2-3-11(14)13(12)15(16)17/h2-8H,1H3. The second kappa shape index (κ2) is 5.82. The average Bonchev–Trinajstić information content (AvgIpc) is 2.38. The first-order valence-electron chi connectivity index (χ1n) is 5.70. The molecule has 0 amide bonds. The fourth-order valence-corrected chi connectivity index (χ4v) is 3.21. The van der Waals surface area contributed by atoms with Gasteiger partial charge in [0.25, 0.3) is 0 Å². The van der Waals surface area contributed by atoms with E-state index in [-0.39, 0.29) is 9.79 Å². The Labute approximate surface area is 124 Å². The number of hydrogen-bond acceptors (Lipinski definition) is 5. The molecule has 0 bridgehead atoms. The Kier molecular flexibility index (Phi) is 4.29. The van der Waals surface area contributed by atoms with Gasteiger partial charge in [-0.1, -0.05) is 17.8 Å². The molecule has 8 heteroatoms. The SMILES string of the molecule is CS(=O)(=O)c1ccc(Sc2cccc(F)c2[N+](=O)[O-])cc1. The number of benzene rings is 2. The zero-order valence-electron chi connectivity index (χ0n) is 10.8. The second-order valence-electron chi connectivity index (χ2n) is 4.19. The van der Waals surface area contributed by atoms with Gasteiger partial charge in [-0.2, -0.15) is 4.39 Å². The van der Waals surface area contributed by atoms with E-state index in [0.29, 0.717) is 4.90 Å². The Morgan fingerprint density at radius 3 is 2.29 bits per heavy atom. The maximum atomic E-state index is 13.5. The Morgan fingerprint density at radius 1 is 1.14 bits per heavy atom. The molecule has 2 rings (SSSR count). The molecule has 0 aromatic heterocycles. The minimum atomic E-state index is -3.30. The number of nitro benzene ring substituents is 1. The van der Waals surface area contributed by atoms with E-state index >= 15 is 0 Å². The molecule has 0 spiro atoms. The van der Waals surface area contributed by atoms with Gasteiger partial charge in [0.15, 0.2) is 9.84 Å². The van der Waals surface area contributed by atoms with Crippen molar-refractivity contribution < 1.29 is 17.7 Å². The van der Waals surface area contributed by atoms with Crippen LogP contribution in [0.4, 0.5) is 10.1 Å². The topological polar surface area (TPSA) is 77.3 Å². The van der Waals surface area contributed by atoms with Gasteiger partial charge in [-0.3, -0.25) is 10.1 Å². The molecule has 0 aliphatic carbocycles. The van der Waals surface area contributed by atoms with Gasteiger partial charge in [0, 0.05) is 11.2 Å². The van der Waals surface area contributed by atoms with Crippen molar-refractivity contribution in [1.82, 2.24) is 0 Å². The van der Waals surface area contributed by atoms with Gasteiger partial charge in [0.05, 0.1) is 14.7 Å². The van der Waals surface area contributed by atoms with Crippen LogP contribution in [0.15, 0.2) is 57.2 Å². The zero-order valence-corrected chi connectivity index (χ0v) is 12.4. The third-order valence-corrected chi connectivity index (χ3v) is 4.80. The predicted octanol–water partition coefficient (Wildman–Crippen LogP) is 3.29. The maximum Gasteiger partial charge on any atom is 0.318 e. The number of halogens is 1. The molecular weight excluding hydrogens is 317 g/mol. The van der Waals surface area contributed by atoms with Crippen molar-refractivity contribution in [3.05, 3.63) is 58.4 Å². The first-order chi connectivity index (χ1) is 9.79. The summed E-state index contributed by atoms with van der Waals surface area (Å²) in [4.78, 5) is 11.0. The van der Waals surface area contributed by atoms with Crippen LogP contribution in [0.25, 0.3) is 0 Å². The van der Waals surface area contributed by atoms with Crippen molar-refractivity contribution >= 4 is 27.3 Å². The Balaban J connectivity index is 2.35. The van der Waals surface area contributed by atoms with Gasteiger partial charge < -0.3 is 0 Å². The van der Waals surface area contributed by atoms with Crippen molar-refractivity contribution in [2.24, 2.45) is 0 Å². The Morgan fingerprint density at radius 2 is 1.76 bits per heavy atom. The van der Waals surface area contributed by atoms with Crippen LogP contribution in [-0.2, 0) is 9.84 Å². The van der Waals surface area contributed by atoms with Gasteiger partial charge in [0.2, 0.25) is 5.82 Å². The highest BCUT2D eigenvalue weighted by atomic mass is 32.2. The van der Waals surface area contributed by atoms with E-state index in [1.807, 2.05) is 0 Å². The quantitative estimate of drug-likeness (QED) is 0.636. The van der Waals surface area contributed by atoms with Crippen LogP contribution in [-0.4, -0.2) is 19.6 Å². The molecule has 0 radical (unpaired) electrons. The molecule has 0 fully saturated rings. The second-order valence-corrected chi connectivity index (χ2v) is 7.32. The van der Waals surface area contributed by atoms with Crippen LogP contribution in [0.2, 0.25) is 0 Å². The lowest BCUT2D eigenvalue weighted by atomic mass is 10.3. The van der Waals surface area contributed by atoms with Crippen molar-refractivity contribution in [2.75, 3.05) is 6.26 Å². The molecule has 110 valence electrons. The lowest BCUT2D eigenvalue weighted by Crippen LogP contribution is -1.96. The minimum absolute atomic E-state index is 0.153. The van der Waals surface area contributed by atoms with E-state index in [1.165, 1.54) is 36.4 Å². The van der Waals surface area contributed by atoms with E-state index in [2.05, 4.69) is 0 Å². The summed E-state index contributed by atoms with van der Waals surface area (Å²) in [6, 6.07) is 9.71. The molecule has 0 heterocycles. The Bertz CT molecular complexity index is 788. The highest BCUT2D eigenvalue weighted by molar-refractivity contribution is 7.99. The van der Waals surface area contributed by atoms with Crippen LogP contribution < -0.4 is 0 Å².